The molecule has 6 nitrogen and oxygen atoms in total. The van der Waals surface area contributed by atoms with Crippen molar-refractivity contribution in [2.45, 2.75) is 44.2 Å². The highest BCUT2D eigenvalue weighted by atomic mass is 16.2. The maximum Gasteiger partial charge on any atom is 0.255 e. The number of carbonyl (C=O) groups is 1. The molecule has 6 rings (SSSR count). The van der Waals surface area contributed by atoms with Crippen molar-refractivity contribution in [1.29, 1.82) is 0 Å². The fourth-order valence-electron chi connectivity index (χ4n) is 4.77. The van der Waals surface area contributed by atoms with Gasteiger partial charge in [-0.1, -0.05) is 24.3 Å². The van der Waals surface area contributed by atoms with Crippen molar-refractivity contribution >= 4 is 16.8 Å². The molecule has 1 N–H and O–H groups in total. The lowest BCUT2D eigenvalue weighted by Crippen LogP contribution is -2.44. The Bertz CT molecular complexity index is 1220. The fourth-order valence-corrected chi connectivity index (χ4v) is 4.77. The highest BCUT2D eigenvalue weighted by Crippen LogP contribution is 2.35. The lowest BCUT2D eigenvalue weighted by atomic mass is 9.91. The number of aromatic nitrogens is 4. The van der Waals surface area contributed by atoms with Crippen molar-refractivity contribution in [3.8, 4) is 5.69 Å². The standard InChI is InChI=1S/C24H23N5O/c30-24(28(17-9-10-17)19-11-12-22-16(13-19)14-25-27-22)20-7-4-8-23-21(20)15-26-29(23)18-5-2-1-3-6-18/h1-8,14-15,17,19H,9-13H2,(H,25,27). The predicted octanol–water partition coefficient (Wildman–Crippen LogP) is 3.91. The maximum absolute atomic E-state index is 13.8. The van der Waals surface area contributed by atoms with E-state index in [1.807, 2.05) is 65.6 Å². The van der Waals surface area contributed by atoms with Gasteiger partial charge in [0.2, 0.25) is 0 Å². The average Bonchev–Trinajstić information content (AvgIpc) is 3.34. The van der Waals surface area contributed by atoms with E-state index in [1.165, 1.54) is 11.3 Å². The summed E-state index contributed by atoms with van der Waals surface area (Å²) < 4.78 is 1.91. The summed E-state index contributed by atoms with van der Waals surface area (Å²) in [7, 11) is 0. The molecule has 1 fully saturated rings. The Hall–Kier alpha value is -3.41. The molecular weight excluding hydrogens is 374 g/mol. The third-order valence-corrected chi connectivity index (χ3v) is 6.40. The molecule has 6 heteroatoms. The Morgan fingerprint density at radius 2 is 1.87 bits per heavy atom. The van der Waals surface area contributed by atoms with Gasteiger partial charge in [-0.05, 0) is 61.9 Å². The zero-order valence-electron chi connectivity index (χ0n) is 16.7. The van der Waals surface area contributed by atoms with Gasteiger partial charge in [0.1, 0.15) is 0 Å². The van der Waals surface area contributed by atoms with E-state index >= 15 is 0 Å². The van der Waals surface area contributed by atoms with Gasteiger partial charge in [0.15, 0.2) is 0 Å². The van der Waals surface area contributed by atoms with Crippen LogP contribution in [0, 0.1) is 0 Å². The van der Waals surface area contributed by atoms with E-state index in [4.69, 9.17) is 0 Å². The van der Waals surface area contributed by atoms with Crippen molar-refractivity contribution in [3.05, 3.63) is 77.7 Å². The number of aryl methyl sites for hydroxylation is 1. The lowest BCUT2D eigenvalue weighted by molar-refractivity contribution is 0.0645. The fraction of sp³-hybridized carbons (Fsp3) is 0.292. The highest BCUT2D eigenvalue weighted by molar-refractivity contribution is 6.06. The van der Waals surface area contributed by atoms with E-state index in [0.717, 1.165) is 54.3 Å². The second-order valence-corrected chi connectivity index (χ2v) is 8.34. The number of carbonyl (C=O) groups excluding carboxylic acids is 1. The second-order valence-electron chi connectivity index (χ2n) is 8.34. The number of fused-ring (bicyclic) bond motifs is 2. The molecule has 2 aromatic heterocycles. The second kappa shape index (κ2) is 6.83. The molecule has 2 aromatic carbocycles. The first-order valence-electron chi connectivity index (χ1n) is 10.7. The number of para-hydroxylation sites is 1. The molecule has 1 amide bonds. The first kappa shape index (κ1) is 17.4. The molecule has 2 heterocycles. The summed E-state index contributed by atoms with van der Waals surface area (Å²) in [4.78, 5) is 16.0. The minimum atomic E-state index is 0.132. The largest absolute Gasteiger partial charge is 0.332 e. The van der Waals surface area contributed by atoms with Gasteiger partial charge in [-0.3, -0.25) is 9.89 Å². The first-order valence-corrected chi connectivity index (χ1v) is 10.7. The summed E-state index contributed by atoms with van der Waals surface area (Å²) in [5.41, 5.74) is 5.18. The Morgan fingerprint density at radius 3 is 2.70 bits per heavy atom. The molecule has 0 bridgehead atoms. The average molecular weight is 397 g/mol. The van der Waals surface area contributed by atoms with Gasteiger partial charge in [-0.2, -0.15) is 10.2 Å². The molecule has 0 saturated heterocycles. The van der Waals surface area contributed by atoms with Crippen LogP contribution in [0.25, 0.3) is 16.6 Å². The Kier molecular flexibility index (Phi) is 3.97. The van der Waals surface area contributed by atoms with Gasteiger partial charge >= 0.3 is 0 Å². The number of nitrogens with zero attached hydrogens (tertiary/aromatic N) is 4. The van der Waals surface area contributed by atoms with E-state index < -0.39 is 0 Å². The number of hydrogen-bond acceptors (Lipinski definition) is 3. The van der Waals surface area contributed by atoms with E-state index in [0.29, 0.717) is 6.04 Å². The van der Waals surface area contributed by atoms with Gasteiger partial charge < -0.3 is 4.90 Å². The molecule has 0 spiro atoms. The predicted molar refractivity (Wildman–Crippen MR) is 115 cm³/mol. The molecule has 1 saturated carbocycles. The molecule has 1 atom stereocenters. The third-order valence-electron chi connectivity index (χ3n) is 6.40. The van der Waals surface area contributed by atoms with Crippen LogP contribution in [0.15, 0.2) is 60.9 Å². The van der Waals surface area contributed by atoms with Crippen molar-refractivity contribution in [2.75, 3.05) is 0 Å². The van der Waals surface area contributed by atoms with Crippen molar-refractivity contribution < 1.29 is 4.79 Å². The number of amides is 1. The Balaban J connectivity index is 1.38. The van der Waals surface area contributed by atoms with Crippen LogP contribution >= 0.6 is 0 Å². The number of nitrogens with one attached hydrogen (secondary N) is 1. The molecule has 30 heavy (non-hydrogen) atoms. The summed E-state index contributed by atoms with van der Waals surface area (Å²) >= 11 is 0. The molecule has 1 unspecified atom stereocenters. The summed E-state index contributed by atoms with van der Waals surface area (Å²) in [6.07, 6.45) is 8.76. The number of benzene rings is 2. The number of rotatable bonds is 4. The third kappa shape index (κ3) is 2.83. The van der Waals surface area contributed by atoms with Crippen LogP contribution in [0.1, 0.15) is 40.9 Å². The quantitative estimate of drug-likeness (QED) is 0.568. The van der Waals surface area contributed by atoms with Crippen LogP contribution in [0.4, 0.5) is 0 Å². The highest BCUT2D eigenvalue weighted by Gasteiger charge is 2.39. The zero-order valence-corrected chi connectivity index (χ0v) is 16.7. The maximum atomic E-state index is 13.8. The smallest absolute Gasteiger partial charge is 0.255 e. The molecular formula is C24H23N5O. The molecule has 150 valence electrons. The van der Waals surface area contributed by atoms with Gasteiger partial charge in [-0.25, -0.2) is 4.68 Å². The normalized spacial score (nSPS) is 18.3. The van der Waals surface area contributed by atoms with E-state index in [2.05, 4.69) is 20.2 Å². The summed E-state index contributed by atoms with van der Waals surface area (Å²) in [6, 6.07) is 16.6. The van der Waals surface area contributed by atoms with Gasteiger partial charge in [0, 0.05) is 23.2 Å². The van der Waals surface area contributed by atoms with Crippen LogP contribution < -0.4 is 0 Å². The first-order chi connectivity index (χ1) is 14.8. The van der Waals surface area contributed by atoms with Gasteiger partial charge in [0.25, 0.3) is 5.91 Å². The minimum Gasteiger partial charge on any atom is -0.332 e. The molecule has 4 aromatic rings. The van der Waals surface area contributed by atoms with Crippen LogP contribution in [0.2, 0.25) is 0 Å². The SMILES string of the molecule is O=C(c1cccc2c1cnn2-c1ccccc1)N(C1CC1)C1CCc2[nH]ncc2C1. The summed E-state index contributed by atoms with van der Waals surface area (Å²) in [5, 5.41) is 12.8. The number of aromatic amines is 1. The Morgan fingerprint density at radius 1 is 1.00 bits per heavy atom. The van der Waals surface area contributed by atoms with Crippen LogP contribution in [0.3, 0.4) is 0 Å². The molecule has 0 radical (unpaired) electrons. The van der Waals surface area contributed by atoms with E-state index in [-0.39, 0.29) is 11.9 Å². The minimum absolute atomic E-state index is 0.132. The topological polar surface area (TPSA) is 66.8 Å². The molecule has 0 aliphatic heterocycles. The van der Waals surface area contributed by atoms with Gasteiger partial charge in [0.05, 0.1) is 29.2 Å². The monoisotopic (exact) mass is 397 g/mol. The van der Waals surface area contributed by atoms with Crippen LogP contribution in [0.5, 0.6) is 0 Å². The Labute approximate surface area is 174 Å². The van der Waals surface area contributed by atoms with Crippen molar-refractivity contribution in [1.82, 2.24) is 24.9 Å². The number of hydrogen-bond donors (Lipinski definition) is 1. The summed E-state index contributed by atoms with van der Waals surface area (Å²) in [5.74, 6) is 0.132. The molecule has 2 aliphatic rings. The summed E-state index contributed by atoms with van der Waals surface area (Å²) in [6.45, 7) is 0. The zero-order chi connectivity index (χ0) is 20.1. The van der Waals surface area contributed by atoms with E-state index in [9.17, 15) is 4.79 Å². The van der Waals surface area contributed by atoms with Gasteiger partial charge in [-0.15, -0.1) is 0 Å². The van der Waals surface area contributed by atoms with E-state index in [1.54, 1.807) is 0 Å². The van der Waals surface area contributed by atoms with Crippen molar-refractivity contribution in [2.24, 2.45) is 0 Å². The van der Waals surface area contributed by atoms with Crippen LogP contribution in [-0.4, -0.2) is 42.9 Å². The number of H-pyrrole nitrogens is 1. The van der Waals surface area contributed by atoms with Crippen molar-refractivity contribution in [3.63, 3.8) is 0 Å². The lowest BCUT2D eigenvalue weighted by Gasteiger charge is -2.34. The molecule has 2 aliphatic carbocycles. The van der Waals surface area contributed by atoms with Crippen LogP contribution in [-0.2, 0) is 12.8 Å².